The Morgan fingerprint density at radius 1 is 1.09 bits per heavy atom. The molecule has 1 unspecified atom stereocenters. The molecule has 0 fully saturated rings. The summed E-state index contributed by atoms with van der Waals surface area (Å²) in [5.41, 5.74) is 1.54. The molecule has 2 heterocycles. The topological polar surface area (TPSA) is 69.2 Å². The molecule has 33 heavy (non-hydrogen) atoms. The van der Waals surface area contributed by atoms with Crippen LogP contribution in [0.1, 0.15) is 37.8 Å². The van der Waals surface area contributed by atoms with Gasteiger partial charge in [0.25, 0.3) is 5.56 Å². The van der Waals surface area contributed by atoms with Crippen LogP contribution in [-0.4, -0.2) is 33.1 Å². The number of thiophene rings is 1. The molecule has 2 aromatic carbocycles. The van der Waals surface area contributed by atoms with Crippen molar-refractivity contribution in [1.29, 1.82) is 0 Å². The van der Waals surface area contributed by atoms with Crippen molar-refractivity contribution in [2.24, 2.45) is 5.92 Å². The highest BCUT2D eigenvalue weighted by atomic mass is 32.1. The molecule has 0 aliphatic carbocycles. The quantitative estimate of drug-likeness (QED) is 0.349. The molecule has 0 saturated carbocycles. The van der Waals surface area contributed by atoms with Gasteiger partial charge < -0.3 is 10.1 Å². The van der Waals surface area contributed by atoms with Crippen LogP contribution in [0.4, 0.5) is 4.39 Å². The molecule has 172 valence electrons. The van der Waals surface area contributed by atoms with Gasteiger partial charge in [-0.15, -0.1) is 11.3 Å². The Morgan fingerprint density at radius 2 is 1.82 bits per heavy atom. The Bertz CT molecular complexity index is 1270. The number of aromatic nitrogens is 2. The molecule has 0 amide bonds. The van der Waals surface area contributed by atoms with Crippen LogP contribution < -0.4 is 5.56 Å². The third-order valence-corrected chi connectivity index (χ3v) is 6.54. The average Bonchev–Trinajstić information content (AvgIpc) is 3.22. The summed E-state index contributed by atoms with van der Waals surface area (Å²) >= 11 is 1.34. The van der Waals surface area contributed by atoms with Gasteiger partial charge in [-0.1, -0.05) is 62.4 Å². The van der Waals surface area contributed by atoms with Crippen molar-refractivity contribution >= 4 is 21.6 Å². The van der Waals surface area contributed by atoms with E-state index in [4.69, 9.17) is 0 Å². The van der Waals surface area contributed by atoms with E-state index in [9.17, 15) is 14.3 Å². The second-order valence-corrected chi connectivity index (χ2v) is 9.52. The monoisotopic (exact) mass is 465 g/mol. The number of nitrogens with zero attached hydrogens (tertiary/aromatic N) is 2. The van der Waals surface area contributed by atoms with Crippen LogP contribution in [0.2, 0.25) is 0 Å². The van der Waals surface area contributed by atoms with Crippen molar-refractivity contribution in [2.45, 2.75) is 32.9 Å². The minimum absolute atomic E-state index is 0.276. The molecule has 4 aromatic rings. The van der Waals surface area contributed by atoms with E-state index in [1.54, 1.807) is 23.6 Å². The number of rotatable bonds is 9. The van der Waals surface area contributed by atoms with E-state index in [-0.39, 0.29) is 11.4 Å². The molecular formula is C26H28FN3O2S. The van der Waals surface area contributed by atoms with Gasteiger partial charge >= 0.3 is 0 Å². The van der Waals surface area contributed by atoms with Gasteiger partial charge in [-0.2, -0.15) is 0 Å². The Balaban J connectivity index is 1.60. The maximum atomic E-state index is 14.3. The van der Waals surface area contributed by atoms with Gasteiger partial charge in [0, 0.05) is 23.1 Å². The molecule has 1 atom stereocenters. The number of H-pyrrole nitrogens is 1. The summed E-state index contributed by atoms with van der Waals surface area (Å²) in [6, 6.07) is 16.0. The highest BCUT2D eigenvalue weighted by Gasteiger charge is 2.18. The zero-order chi connectivity index (χ0) is 23.4. The summed E-state index contributed by atoms with van der Waals surface area (Å²) < 4.78 is 14.3. The van der Waals surface area contributed by atoms with Crippen molar-refractivity contribution in [2.75, 3.05) is 13.1 Å². The number of hydrogen-bond donors (Lipinski definition) is 2. The first kappa shape index (κ1) is 23.3. The molecule has 7 heteroatoms. The summed E-state index contributed by atoms with van der Waals surface area (Å²) in [5.74, 6) is 0.686. The van der Waals surface area contributed by atoms with E-state index >= 15 is 0 Å². The predicted molar refractivity (Wildman–Crippen MR) is 132 cm³/mol. The zero-order valence-corrected chi connectivity index (χ0v) is 19.6. The van der Waals surface area contributed by atoms with Crippen LogP contribution in [0.15, 0.2) is 64.8 Å². The van der Waals surface area contributed by atoms with Gasteiger partial charge in [-0.05, 0) is 30.5 Å². The maximum Gasteiger partial charge on any atom is 0.260 e. The predicted octanol–water partition coefficient (Wildman–Crippen LogP) is 5.37. The molecule has 2 aromatic heterocycles. The number of nitrogens with one attached hydrogen (secondary N) is 1. The largest absolute Gasteiger partial charge is 0.387 e. The van der Waals surface area contributed by atoms with Gasteiger partial charge in [-0.3, -0.25) is 9.69 Å². The molecule has 0 radical (unpaired) electrons. The van der Waals surface area contributed by atoms with Crippen molar-refractivity contribution in [3.05, 3.63) is 87.5 Å². The fourth-order valence-corrected chi connectivity index (χ4v) is 4.82. The molecule has 0 aliphatic rings. The minimum atomic E-state index is -0.636. The first-order valence-electron chi connectivity index (χ1n) is 11.1. The lowest BCUT2D eigenvalue weighted by molar-refractivity contribution is 0.104. The van der Waals surface area contributed by atoms with Crippen LogP contribution in [0, 0.1) is 11.7 Å². The van der Waals surface area contributed by atoms with E-state index in [1.165, 1.54) is 17.4 Å². The van der Waals surface area contributed by atoms with Crippen molar-refractivity contribution in [1.82, 2.24) is 14.9 Å². The fraction of sp³-hybridized carbons (Fsp3) is 0.308. The summed E-state index contributed by atoms with van der Waals surface area (Å²) in [7, 11) is 0. The molecule has 4 rings (SSSR count). The van der Waals surface area contributed by atoms with E-state index in [2.05, 4.69) is 28.7 Å². The van der Waals surface area contributed by atoms with Crippen LogP contribution >= 0.6 is 11.3 Å². The van der Waals surface area contributed by atoms with Crippen LogP contribution in [-0.2, 0) is 6.54 Å². The number of halogens is 1. The Labute approximate surface area is 196 Å². The van der Waals surface area contributed by atoms with E-state index < -0.39 is 6.10 Å². The second-order valence-electron chi connectivity index (χ2n) is 8.67. The smallest absolute Gasteiger partial charge is 0.260 e. The van der Waals surface area contributed by atoms with Crippen molar-refractivity contribution < 1.29 is 9.50 Å². The highest BCUT2D eigenvalue weighted by molar-refractivity contribution is 7.17. The Hall–Kier alpha value is -2.87. The number of aliphatic hydroxyl groups is 1. The number of aromatic amines is 1. The SMILES string of the molecule is CC(C)CCN(Cc1nc2scc(-c3ccccc3F)c2c(=O)[nH]1)CC(O)c1ccccc1. The van der Waals surface area contributed by atoms with Gasteiger partial charge in [0.2, 0.25) is 0 Å². The third kappa shape index (κ3) is 5.55. The maximum absolute atomic E-state index is 14.3. The van der Waals surface area contributed by atoms with Crippen molar-refractivity contribution in [3.8, 4) is 11.1 Å². The van der Waals surface area contributed by atoms with Gasteiger partial charge in [-0.25, -0.2) is 9.37 Å². The zero-order valence-electron chi connectivity index (χ0n) is 18.8. The van der Waals surface area contributed by atoms with E-state index in [0.29, 0.717) is 46.2 Å². The van der Waals surface area contributed by atoms with Crippen LogP contribution in [0.25, 0.3) is 21.3 Å². The molecule has 0 spiro atoms. The highest BCUT2D eigenvalue weighted by Crippen LogP contribution is 2.32. The average molecular weight is 466 g/mol. The normalized spacial score (nSPS) is 12.7. The van der Waals surface area contributed by atoms with Gasteiger partial charge in [0.1, 0.15) is 16.5 Å². The summed E-state index contributed by atoms with van der Waals surface area (Å²) in [6.07, 6.45) is 0.327. The molecular weight excluding hydrogens is 437 g/mol. The van der Waals surface area contributed by atoms with Crippen molar-refractivity contribution in [3.63, 3.8) is 0 Å². The molecule has 0 aliphatic heterocycles. The van der Waals surface area contributed by atoms with Gasteiger partial charge in [0.15, 0.2) is 0 Å². The molecule has 0 saturated heterocycles. The van der Waals surface area contributed by atoms with Crippen LogP contribution in [0.3, 0.4) is 0 Å². The lowest BCUT2D eigenvalue weighted by atomic mass is 10.1. The van der Waals surface area contributed by atoms with Gasteiger partial charge in [0.05, 0.1) is 18.0 Å². The van der Waals surface area contributed by atoms with E-state index in [1.807, 2.05) is 30.3 Å². The first-order chi connectivity index (χ1) is 15.9. The standard InChI is InChI=1S/C26H28FN3O2S/c1-17(2)12-13-30(14-22(31)18-8-4-3-5-9-18)15-23-28-25(32)24-20(16-33-26(24)29-23)19-10-6-7-11-21(19)27/h3-11,16-17,22,31H,12-15H2,1-2H3,(H,28,29,32). The lowest BCUT2D eigenvalue weighted by Crippen LogP contribution is -2.31. The summed E-state index contributed by atoms with van der Waals surface area (Å²) in [6.45, 7) is 5.94. The minimum Gasteiger partial charge on any atom is -0.387 e. The summed E-state index contributed by atoms with van der Waals surface area (Å²) in [5, 5.41) is 12.9. The molecule has 5 nitrogen and oxygen atoms in total. The second kappa shape index (κ2) is 10.4. The summed E-state index contributed by atoms with van der Waals surface area (Å²) in [4.78, 5) is 23.2. The number of fused-ring (bicyclic) bond motifs is 1. The molecule has 0 bridgehead atoms. The van der Waals surface area contributed by atoms with Crippen LogP contribution in [0.5, 0.6) is 0 Å². The number of hydrogen-bond acceptors (Lipinski definition) is 5. The number of benzene rings is 2. The lowest BCUT2D eigenvalue weighted by Gasteiger charge is -2.25. The van der Waals surface area contributed by atoms with E-state index in [0.717, 1.165) is 18.5 Å². The first-order valence-corrected chi connectivity index (χ1v) is 12.0. The number of aliphatic hydroxyl groups excluding tert-OH is 1. The third-order valence-electron chi connectivity index (χ3n) is 5.67. The Morgan fingerprint density at radius 3 is 2.55 bits per heavy atom. The molecule has 2 N–H and O–H groups in total. The fourth-order valence-electron chi connectivity index (χ4n) is 3.86. The Kier molecular flexibility index (Phi) is 7.33.